The molecule has 3 rings (SSSR count). The van der Waals surface area contributed by atoms with Gasteiger partial charge in [-0.1, -0.05) is 0 Å². The van der Waals surface area contributed by atoms with Gasteiger partial charge in [-0.15, -0.1) is 0 Å². The second kappa shape index (κ2) is 6.35. The zero-order chi connectivity index (χ0) is 15.5. The molecule has 1 aromatic heterocycles. The normalized spacial score (nSPS) is 22.1. The maximum absolute atomic E-state index is 12.3. The molecule has 0 aromatic carbocycles. The molecule has 0 saturated carbocycles. The fraction of sp³-hybridized carbons (Fsp3) is 0.643. The van der Waals surface area contributed by atoms with E-state index in [9.17, 15) is 9.59 Å². The molecule has 0 bridgehead atoms. The van der Waals surface area contributed by atoms with Crippen LogP contribution in [0.2, 0.25) is 0 Å². The number of urea groups is 1. The van der Waals surface area contributed by atoms with Crippen molar-refractivity contribution in [2.45, 2.75) is 26.1 Å². The first-order valence-electron chi connectivity index (χ1n) is 7.73. The van der Waals surface area contributed by atoms with Crippen LogP contribution in [0.1, 0.15) is 12.5 Å². The summed E-state index contributed by atoms with van der Waals surface area (Å²) < 4.78 is 1.83. The quantitative estimate of drug-likeness (QED) is 0.768. The van der Waals surface area contributed by atoms with Crippen LogP contribution in [0.5, 0.6) is 0 Å². The maximum atomic E-state index is 12.3. The number of nitrogens with one attached hydrogen (secondary N) is 2. The van der Waals surface area contributed by atoms with Gasteiger partial charge in [-0.05, 0) is 6.92 Å². The SMILES string of the molecule is CCn1cc(CNC(=O)N2CCN3CCNC(=O)C3C2)cn1. The first-order valence-corrected chi connectivity index (χ1v) is 7.73. The summed E-state index contributed by atoms with van der Waals surface area (Å²) in [6.45, 7) is 6.70. The van der Waals surface area contributed by atoms with Gasteiger partial charge in [0.2, 0.25) is 5.91 Å². The fourth-order valence-electron chi connectivity index (χ4n) is 2.92. The summed E-state index contributed by atoms with van der Waals surface area (Å²) in [5.74, 6) is 0.0213. The summed E-state index contributed by atoms with van der Waals surface area (Å²) in [7, 11) is 0. The van der Waals surface area contributed by atoms with Gasteiger partial charge in [0.15, 0.2) is 0 Å². The van der Waals surface area contributed by atoms with Gasteiger partial charge in [-0.2, -0.15) is 5.10 Å². The minimum absolute atomic E-state index is 0.0213. The molecule has 1 aromatic rings. The number of carbonyl (C=O) groups excluding carboxylic acids is 2. The highest BCUT2D eigenvalue weighted by Crippen LogP contribution is 2.12. The Labute approximate surface area is 129 Å². The molecule has 2 saturated heterocycles. The first kappa shape index (κ1) is 14.8. The zero-order valence-electron chi connectivity index (χ0n) is 12.8. The number of nitrogens with zero attached hydrogens (tertiary/aromatic N) is 4. The predicted molar refractivity (Wildman–Crippen MR) is 80.1 cm³/mol. The van der Waals surface area contributed by atoms with E-state index in [1.807, 2.05) is 17.8 Å². The van der Waals surface area contributed by atoms with Gasteiger partial charge >= 0.3 is 6.03 Å². The highest BCUT2D eigenvalue weighted by atomic mass is 16.2. The lowest BCUT2D eigenvalue weighted by Crippen LogP contribution is -2.65. The Morgan fingerprint density at radius 1 is 1.45 bits per heavy atom. The Bertz CT molecular complexity index is 557. The zero-order valence-corrected chi connectivity index (χ0v) is 12.8. The lowest BCUT2D eigenvalue weighted by Gasteiger charge is -2.42. The molecule has 3 amide bonds. The number of aromatic nitrogens is 2. The summed E-state index contributed by atoms with van der Waals surface area (Å²) in [6, 6.07) is -0.335. The number of piperazine rings is 2. The van der Waals surface area contributed by atoms with Gasteiger partial charge in [-0.25, -0.2) is 4.79 Å². The molecule has 0 radical (unpaired) electrons. The second-order valence-electron chi connectivity index (χ2n) is 5.65. The van der Waals surface area contributed by atoms with Crippen LogP contribution in [0.15, 0.2) is 12.4 Å². The van der Waals surface area contributed by atoms with Crippen molar-refractivity contribution < 1.29 is 9.59 Å². The van der Waals surface area contributed by atoms with Crippen molar-refractivity contribution >= 4 is 11.9 Å². The molecule has 1 atom stereocenters. The van der Waals surface area contributed by atoms with Crippen LogP contribution in [-0.4, -0.2) is 70.3 Å². The van der Waals surface area contributed by atoms with Crippen molar-refractivity contribution in [3.63, 3.8) is 0 Å². The van der Waals surface area contributed by atoms with Gasteiger partial charge in [0.05, 0.1) is 6.20 Å². The molecule has 3 heterocycles. The standard InChI is InChI=1S/C14H22N6O2/c1-2-20-9-11(8-17-20)7-16-14(22)19-6-5-18-4-3-15-13(21)12(18)10-19/h8-9,12H,2-7,10H2,1H3,(H,15,21)(H,16,22). The van der Waals surface area contributed by atoms with E-state index in [0.29, 0.717) is 26.2 Å². The minimum atomic E-state index is -0.212. The molecule has 2 N–H and O–H groups in total. The summed E-state index contributed by atoms with van der Waals surface area (Å²) in [6.07, 6.45) is 3.68. The fourth-order valence-corrected chi connectivity index (χ4v) is 2.92. The van der Waals surface area contributed by atoms with Crippen LogP contribution in [0.4, 0.5) is 4.79 Å². The van der Waals surface area contributed by atoms with Gasteiger partial charge in [0, 0.05) is 57.6 Å². The Balaban J connectivity index is 1.53. The number of aryl methyl sites for hydroxylation is 1. The van der Waals surface area contributed by atoms with Crippen LogP contribution in [0.25, 0.3) is 0 Å². The number of fused-ring (bicyclic) bond motifs is 1. The average Bonchev–Trinajstić information content (AvgIpc) is 3.01. The highest BCUT2D eigenvalue weighted by Gasteiger charge is 2.36. The average molecular weight is 306 g/mol. The van der Waals surface area contributed by atoms with Crippen molar-refractivity contribution in [2.75, 3.05) is 32.7 Å². The second-order valence-corrected chi connectivity index (χ2v) is 5.65. The smallest absolute Gasteiger partial charge is 0.317 e. The molecule has 120 valence electrons. The summed E-state index contributed by atoms with van der Waals surface area (Å²) in [4.78, 5) is 28.0. The van der Waals surface area contributed by atoms with Crippen LogP contribution in [0.3, 0.4) is 0 Å². The van der Waals surface area contributed by atoms with Crippen molar-refractivity contribution in [1.29, 1.82) is 0 Å². The number of rotatable bonds is 3. The van der Waals surface area contributed by atoms with Gasteiger partial charge in [-0.3, -0.25) is 14.4 Å². The Morgan fingerprint density at radius 3 is 3.09 bits per heavy atom. The Hall–Kier alpha value is -2.09. The largest absolute Gasteiger partial charge is 0.353 e. The summed E-state index contributed by atoms with van der Waals surface area (Å²) in [5, 5.41) is 9.94. The molecule has 8 nitrogen and oxygen atoms in total. The Morgan fingerprint density at radius 2 is 2.32 bits per heavy atom. The third kappa shape index (κ3) is 3.06. The highest BCUT2D eigenvalue weighted by molar-refractivity contribution is 5.84. The van der Waals surface area contributed by atoms with Crippen LogP contribution >= 0.6 is 0 Å². The molecule has 0 aliphatic carbocycles. The molecule has 0 spiro atoms. The van der Waals surface area contributed by atoms with E-state index in [0.717, 1.165) is 25.2 Å². The van der Waals surface area contributed by atoms with Gasteiger partial charge in [0.1, 0.15) is 6.04 Å². The van der Waals surface area contributed by atoms with Gasteiger partial charge < -0.3 is 15.5 Å². The van der Waals surface area contributed by atoms with Crippen molar-refractivity contribution in [3.05, 3.63) is 18.0 Å². The number of hydrogen-bond donors (Lipinski definition) is 2. The van der Waals surface area contributed by atoms with Gasteiger partial charge in [0.25, 0.3) is 0 Å². The van der Waals surface area contributed by atoms with E-state index in [1.54, 1.807) is 11.1 Å². The topological polar surface area (TPSA) is 82.5 Å². The van der Waals surface area contributed by atoms with Crippen molar-refractivity contribution in [2.24, 2.45) is 0 Å². The molecule has 2 aliphatic heterocycles. The summed E-state index contributed by atoms with van der Waals surface area (Å²) in [5.41, 5.74) is 0.976. The lowest BCUT2D eigenvalue weighted by molar-refractivity contribution is -0.131. The number of hydrogen-bond acceptors (Lipinski definition) is 4. The third-order valence-electron chi connectivity index (χ3n) is 4.23. The number of carbonyl (C=O) groups is 2. The van der Waals surface area contributed by atoms with E-state index in [2.05, 4.69) is 20.6 Å². The molecule has 22 heavy (non-hydrogen) atoms. The molecule has 8 heteroatoms. The molecular weight excluding hydrogens is 284 g/mol. The monoisotopic (exact) mass is 306 g/mol. The summed E-state index contributed by atoms with van der Waals surface area (Å²) >= 11 is 0. The maximum Gasteiger partial charge on any atom is 0.317 e. The number of amides is 3. The van der Waals surface area contributed by atoms with Crippen molar-refractivity contribution in [3.8, 4) is 0 Å². The van der Waals surface area contributed by atoms with Crippen LogP contribution in [0, 0.1) is 0 Å². The van der Waals surface area contributed by atoms with E-state index in [1.165, 1.54) is 0 Å². The predicted octanol–water partition coefficient (Wildman–Crippen LogP) is -0.771. The molecular formula is C14H22N6O2. The lowest BCUT2D eigenvalue weighted by atomic mass is 10.1. The Kier molecular flexibility index (Phi) is 4.28. The minimum Gasteiger partial charge on any atom is -0.353 e. The van der Waals surface area contributed by atoms with Crippen molar-refractivity contribution in [1.82, 2.24) is 30.2 Å². The molecule has 2 aliphatic rings. The van der Waals surface area contributed by atoms with E-state index in [-0.39, 0.29) is 18.0 Å². The van der Waals surface area contributed by atoms with E-state index in [4.69, 9.17) is 0 Å². The van der Waals surface area contributed by atoms with Crippen LogP contribution in [-0.2, 0) is 17.9 Å². The van der Waals surface area contributed by atoms with E-state index >= 15 is 0 Å². The third-order valence-corrected chi connectivity index (χ3v) is 4.23. The molecule has 1 unspecified atom stereocenters. The van der Waals surface area contributed by atoms with E-state index < -0.39 is 0 Å². The molecule has 2 fully saturated rings. The first-order chi connectivity index (χ1) is 10.7. The van der Waals surface area contributed by atoms with Crippen LogP contribution < -0.4 is 10.6 Å².